The first-order valence-corrected chi connectivity index (χ1v) is 7.48. The van der Waals surface area contributed by atoms with Crippen molar-refractivity contribution in [3.05, 3.63) is 96.2 Å². The summed E-state index contributed by atoms with van der Waals surface area (Å²) in [5, 5.41) is 0. The van der Waals surface area contributed by atoms with Gasteiger partial charge in [-0.3, -0.25) is 9.59 Å². The van der Waals surface area contributed by atoms with Gasteiger partial charge < -0.3 is 4.90 Å². The molecule has 0 aliphatic rings. The highest BCUT2D eigenvalue weighted by molar-refractivity contribution is 5.79. The van der Waals surface area contributed by atoms with Gasteiger partial charge in [0.15, 0.2) is 0 Å². The van der Waals surface area contributed by atoms with E-state index in [9.17, 15) is 9.59 Å². The molecular weight excluding hydrogens is 298 g/mol. The van der Waals surface area contributed by atoms with Crippen LogP contribution in [0.3, 0.4) is 0 Å². The molecule has 3 heteroatoms. The number of aldehydes is 2. The smallest absolute Gasteiger partial charge is 0.150 e. The molecule has 2 aromatic carbocycles. The molecule has 0 bridgehead atoms. The van der Waals surface area contributed by atoms with Gasteiger partial charge >= 0.3 is 0 Å². The maximum atomic E-state index is 10.9. The topological polar surface area (TPSA) is 37.4 Å². The van der Waals surface area contributed by atoms with Crippen LogP contribution in [-0.2, 0) is 4.79 Å². The number of anilines is 2. The molecule has 0 saturated heterocycles. The van der Waals surface area contributed by atoms with Crippen molar-refractivity contribution >= 4 is 23.9 Å². The van der Waals surface area contributed by atoms with Crippen LogP contribution in [-0.4, -0.2) is 12.6 Å². The summed E-state index contributed by atoms with van der Waals surface area (Å²) in [5.41, 5.74) is 4.63. The Morgan fingerprint density at radius 2 is 1.42 bits per heavy atom. The number of hydrogen-bond acceptors (Lipinski definition) is 3. The predicted octanol–water partition coefficient (Wildman–Crippen LogP) is 4.77. The second kappa shape index (κ2) is 7.88. The minimum absolute atomic E-state index is 0.372. The summed E-state index contributed by atoms with van der Waals surface area (Å²) in [6.45, 7) is 9.75. The second-order valence-corrected chi connectivity index (χ2v) is 5.40. The molecule has 24 heavy (non-hydrogen) atoms. The first-order chi connectivity index (χ1) is 11.5. The number of benzene rings is 2. The van der Waals surface area contributed by atoms with Gasteiger partial charge in [0.05, 0.1) is 0 Å². The molecule has 0 amide bonds. The Kier molecular flexibility index (Phi) is 5.63. The molecule has 0 N–H and O–H groups in total. The minimum atomic E-state index is 0.372. The lowest BCUT2D eigenvalue weighted by atomic mass is 10.1. The van der Waals surface area contributed by atoms with Gasteiger partial charge in [0.2, 0.25) is 0 Å². The number of rotatable bonds is 7. The Hall–Kier alpha value is -3.20. The highest BCUT2D eigenvalue weighted by atomic mass is 16.1. The second-order valence-electron chi connectivity index (χ2n) is 5.40. The van der Waals surface area contributed by atoms with E-state index in [1.165, 1.54) is 0 Å². The van der Waals surface area contributed by atoms with Gasteiger partial charge in [-0.2, -0.15) is 0 Å². The summed E-state index contributed by atoms with van der Waals surface area (Å²) in [6, 6.07) is 15.3. The van der Waals surface area contributed by atoms with Gasteiger partial charge in [-0.15, -0.1) is 0 Å². The van der Waals surface area contributed by atoms with Crippen molar-refractivity contribution in [1.29, 1.82) is 0 Å². The highest BCUT2D eigenvalue weighted by Gasteiger charge is 2.11. The fourth-order valence-corrected chi connectivity index (χ4v) is 2.19. The lowest BCUT2D eigenvalue weighted by molar-refractivity contribution is -0.104. The Morgan fingerprint density at radius 1 is 0.875 bits per heavy atom. The van der Waals surface area contributed by atoms with Crippen molar-refractivity contribution in [3.8, 4) is 0 Å². The van der Waals surface area contributed by atoms with Gasteiger partial charge in [0.25, 0.3) is 0 Å². The van der Waals surface area contributed by atoms with E-state index in [-0.39, 0.29) is 0 Å². The Balaban J connectivity index is 2.43. The van der Waals surface area contributed by atoms with Gasteiger partial charge in [-0.1, -0.05) is 36.9 Å². The summed E-state index contributed by atoms with van der Waals surface area (Å²) in [6.07, 6.45) is 4.86. The van der Waals surface area contributed by atoms with E-state index in [1.54, 1.807) is 24.3 Å². The summed E-state index contributed by atoms with van der Waals surface area (Å²) in [7, 11) is 0. The summed E-state index contributed by atoms with van der Waals surface area (Å²) < 4.78 is 0. The van der Waals surface area contributed by atoms with Crippen LogP contribution in [0.4, 0.5) is 11.4 Å². The molecule has 0 spiro atoms. The number of carbonyl (C=O) groups excluding carboxylic acids is 2. The Morgan fingerprint density at radius 3 is 1.92 bits per heavy atom. The van der Waals surface area contributed by atoms with Gasteiger partial charge in [0.1, 0.15) is 12.6 Å². The van der Waals surface area contributed by atoms with Crippen LogP contribution in [0.25, 0.3) is 0 Å². The number of carbonyl (C=O) groups is 2. The fraction of sp³-hybridized carbons (Fsp3) is 0.0476. The molecule has 0 saturated carbocycles. The average Bonchev–Trinajstić information content (AvgIpc) is 2.62. The van der Waals surface area contributed by atoms with E-state index < -0.39 is 0 Å². The lowest BCUT2D eigenvalue weighted by Gasteiger charge is -2.25. The number of aryl methyl sites for hydroxylation is 1. The van der Waals surface area contributed by atoms with Gasteiger partial charge in [0, 0.05) is 28.2 Å². The van der Waals surface area contributed by atoms with Crippen molar-refractivity contribution in [2.24, 2.45) is 0 Å². The van der Waals surface area contributed by atoms with E-state index >= 15 is 0 Å². The number of nitrogens with zero attached hydrogens (tertiary/aromatic N) is 1. The van der Waals surface area contributed by atoms with Crippen molar-refractivity contribution in [2.75, 3.05) is 4.90 Å². The van der Waals surface area contributed by atoms with Crippen molar-refractivity contribution in [1.82, 2.24) is 0 Å². The highest BCUT2D eigenvalue weighted by Crippen LogP contribution is 2.30. The van der Waals surface area contributed by atoms with Crippen molar-refractivity contribution in [3.63, 3.8) is 0 Å². The molecule has 2 aromatic rings. The predicted molar refractivity (Wildman–Crippen MR) is 98.6 cm³/mol. The van der Waals surface area contributed by atoms with Crippen LogP contribution in [0, 0.1) is 6.92 Å². The molecule has 3 nitrogen and oxygen atoms in total. The third kappa shape index (κ3) is 4.17. The maximum Gasteiger partial charge on any atom is 0.150 e. The third-order valence-corrected chi connectivity index (χ3v) is 3.51. The van der Waals surface area contributed by atoms with E-state index in [2.05, 4.69) is 13.2 Å². The van der Waals surface area contributed by atoms with Gasteiger partial charge in [-0.25, -0.2) is 0 Å². The molecule has 0 aliphatic heterocycles. The van der Waals surface area contributed by atoms with Crippen LogP contribution in [0.5, 0.6) is 0 Å². The first-order valence-electron chi connectivity index (χ1n) is 7.48. The van der Waals surface area contributed by atoms with Crippen LogP contribution < -0.4 is 4.90 Å². The summed E-state index contributed by atoms with van der Waals surface area (Å²) in [4.78, 5) is 23.5. The molecule has 0 unspecified atom stereocenters. The molecule has 120 valence electrons. The van der Waals surface area contributed by atoms with Crippen LogP contribution in [0.15, 0.2) is 85.1 Å². The molecule has 0 aromatic heterocycles. The maximum absolute atomic E-state index is 10.9. The quantitative estimate of drug-likeness (QED) is 0.419. The Bertz CT molecular complexity index is 784. The first kappa shape index (κ1) is 17.2. The largest absolute Gasteiger partial charge is 0.311 e. The van der Waals surface area contributed by atoms with Crippen LogP contribution >= 0.6 is 0 Å². The van der Waals surface area contributed by atoms with Gasteiger partial charge in [-0.05, 0) is 49.4 Å². The summed E-state index contributed by atoms with van der Waals surface area (Å²) in [5.74, 6) is 0. The monoisotopic (exact) mass is 317 g/mol. The molecule has 0 radical (unpaired) electrons. The molecule has 2 rings (SSSR count). The fourth-order valence-electron chi connectivity index (χ4n) is 2.19. The SMILES string of the molecule is C=C(C=O)/C=C\C(=C)N(c1ccc(C)cc1)c1ccc(C=O)cc1. The molecular formula is C21H19NO2. The van der Waals surface area contributed by atoms with Crippen LogP contribution in [0.1, 0.15) is 15.9 Å². The van der Waals surface area contributed by atoms with Crippen LogP contribution in [0.2, 0.25) is 0 Å². The zero-order valence-corrected chi connectivity index (χ0v) is 13.6. The van der Waals surface area contributed by atoms with E-state index in [0.717, 1.165) is 23.2 Å². The third-order valence-electron chi connectivity index (χ3n) is 3.51. The Labute approximate surface area is 142 Å². The van der Waals surface area contributed by atoms with E-state index in [4.69, 9.17) is 0 Å². The number of allylic oxidation sites excluding steroid dienone is 3. The molecule has 0 aliphatic carbocycles. The normalized spacial score (nSPS) is 10.4. The zero-order valence-electron chi connectivity index (χ0n) is 13.6. The average molecular weight is 317 g/mol. The van der Waals surface area contributed by atoms with E-state index in [1.807, 2.05) is 48.2 Å². The zero-order chi connectivity index (χ0) is 17.5. The molecule has 0 atom stereocenters. The minimum Gasteiger partial charge on any atom is -0.311 e. The van der Waals surface area contributed by atoms with E-state index in [0.29, 0.717) is 23.1 Å². The standard InChI is InChI=1S/C21H19NO2/c1-16-5-10-20(11-6-16)22(18(3)7-4-17(2)14-23)21-12-8-19(15-24)9-13-21/h4-15H,2-3H2,1H3/b7-4-. The summed E-state index contributed by atoms with van der Waals surface area (Å²) >= 11 is 0. The number of hydrogen-bond donors (Lipinski definition) is 0. The lowest BCUT2D eigenvalue weighted by Crippen LogP contribution is -2.14. The molecule has 0 fully saturated rings. The molecule has 0 heterocycles. The van der Waals surface area contributed by atoms with Crippen molar-refractivity contribution < 1.29 is 9.59 Å². The van der Waals surface area contributed by atoms with Crippen molar-refractivity contribution in [2.45, 2.75) is 6.92 Å².